The van der Waals surface area contributed by atoms with Crippen molar-refractivity contribution in [1.82, 2.24) is 4.98 Å². The van der Waals surface area contributed by atoms with Crippen LogP contribution in [0.5, 0.6) is 0 Å². The Hall–Kier alpha value is -1.26. The summed E-state index contributed by atoms with van der Waals surface area (Å²) in [5.41, 5.74) is 1.73. The van der Waals surface area contributed by atoms with Crippen molar-refractivity contribution in [3.63, 3.8) is 0 Å². The number of nitrogens with one attached hydrogen (secondary N) is 1. The van der Waals surface area contributed by atoms with E-state index in [0.717, 1.165) is 5.56 Å². The van der Waals surface area contributed by atoms with E-state index in [1.807, 2.05) is 30.3 Å². The van der Waals surface area contributed by atoms with Gasteiger partial charge in [-0.3, -0.25) is 0 Å². The summed E-state index contributed by atoms with van der Waals surface area (Å²) in [4.78, 5) is 2.65. The van der Waals surface area contributed by atoms with Gasteiger partial charge in [-0.2, -0.15) is 0 Å². The Balaban J connectivity index is 2.34. The van der Waals surface area contributed by atoms with Crippen LogP contribution in [0.4, 0.5) is 0 Å². The zero-order valence-electron chi connectivity index (χ0n) is 8.35. The fourth-order valence-electron chi connectivity index (χ4n) is 1.57. The highest BCUT2D eigenvalue weighted by molar-refractivity contribution is 8.13. The van der Waals surface area contributed by atoms with E-state index in [1.165, 1.54) is 0 Å². The molecular formula is C11H10ClNO2S. The minimum atomic E-state index is -3.69. The van der Waals surface area contributed by atoms with Crippen LogP contribution in [-0.2, 0) is 15.5 Å². The maximum atomic E-state index is 11.2. The lowest BCUT2D eigenvalue weighted by molar-refractivity contribution is 0.606. The molecule has 0 bridgehead atoms. The maximum absolute atomic E-state index is 11.2. The van der Waals surface area contributed by atoms with Gasteiger partial charge in [0.2, 0.25) is 0 Å². The molecule has 1 heterocycles. The number of aromatic nitrogens is 1. The Labute approximate surface area is 98.5 Å². The van der Waals surface area contributed by atoms with Crippen molar-refractivity contribution < 1.29 is 8.42 Å². The van der Waals surface area contributed by atoms with Gasteiger partial charge in [-0.1, -0.05) is 30.3 Å². The zero-order valence-corrected chi connectivity index (χ0v) is 9.92. The van der Waals surface area contributed by atoms with E-state index in [4.69, 9.17) is 10.7 Å². The molecule has 1 aromatic carbocycles. The van der Waals surface area contributed by atoms with Gasteiger partial charge in [0, 0.05) is 23.3 Å². The molecule has 2 aromatic rings. The number of benzene rings is 1. The van der Waals surface area contributed by atoms with Crippen LogP contribution < -0.4 is 0 Å². The van der Waals surface area contributed by atoms with E-state index >= 15 is 0 Å². The summed E-state index contributed by atoms with van der Waals surface area (Å²) in [6, 6.07) is 11.4. The minimum absolute atomic E-state index is 0.0815. The molecule has 0 saturated carbocycles. The second-order valence-corrected chi connectivity index (χ2v) is 5.94. The van der Waals surface area contributed by atoms with Gasteiger partial charge in [0.15, 0.2) is 5.03 Å². The Bertz CT molecular complexity index is 575. The van der Waals surface area contributed by atoms with Gasteiger partial charge in [-0.25, -0.2) is 8.42 Å². The van der Waals surface area contributed by atoms with Crippen molar-refractivity contribution in [2.24, 2.45) is 0 Å². The quantitative estimate of drug-likeness (QED) is 0.857. The monoisotopic (exact) mass is 255 g/mol. The van der Waals surface area contributed by atoms with E-state index in [9.17, 15) is 8.42 Å². The number of hydrogen-bond donors (Lipinski definition) is 1. The summed E-state index contributed by atoms with van der Waals surface area (Å²) in [5, 5.41) is 0.0815. The van der Waals surface area contributed by atoms with E-state index in [0.29, 0.717) is 12.0 Å². The van der Waals surface area contributed by atoms with E-state index in [-0.39, 0.29) is 5.03 Å². The second-order valence-electron chi connectivity index (χ2n) is 3.43. The van der Waals surface area contributed by atoms with Crippen molar-refractivity contribution >= 4 is 19.7 Å². The molecule has 0 radical (unpaired) electrons. The molecule has 5 heteroatoms. The van der Waals surface area contributed by atoms with Crippen LogP contribution in [0.15, 0.2) is 47.6 Å². The zero-order chi connectivity index (χ0) is 11.6. The van der Waals surface area contributed by atoms with E-state index < -0.39 is 9.05 Å². The van der Waals surface area contributed by atoms with E-state index in [2.05, 4.69) is 4.98 Å². The predicted octanol–water partition coefficient (Wildman–Crippen LogP) is 2.53. The highest BCUT2D eigenvalue weighted by atomic mass is 35.7. The van der Waals surface area contributed by atoms with Crippen LogP contribution in [0.25, 0.3) is 0 Å². The Morgan fingerprint density at radius 2 is 1.81 bits per heavy atom. The molecule has 1 N–H and O–H groups in total. The summed E-state index contributed by atoms with van der Waals surface area (Å²) in [6.07, 6.45) is 2.12. The van der Waals surface area contributed by atoms with Crippen LogP contribution in [0.3, 0.4) is 0 Å². The molecule has 1 aromatic heterocycles. The third-order valence-corrected chi connectivity index (χ3v) is 3.60. The lowest BCUT2D eigenvalue weighted by atomic mass is 10.1. The Morgan fingerprint density at radius 3 is 2.44 bits per heavy atom. The van der Waals surface area contributed by atoms with Crippen LogP contribution >= 0.6 is 10.7 Å². The van der Waals surface area contributed by atoms with E-state index in [1.54, 1.807) is 12.3 Å². The van der Waals surface area contributed by atoms with Gasteiger partial charge in [0.05, 0.1) is 0 Å². The number of hydrogen-bond acceptors (Lipinski definition) is 2. The predicted molar refractivity (Wildman–Crippen MR) is 63.1 cm³/mol. The Morgan fingerprint density at radius 1 is 1.12 bits per heavy atom. The highest BCUT2D eigenvalue weighted by Crippen LogP contribution is 2.20. The molecule has 0 saturated heterocycles. The molecule has 0 amide bonds. The number of rotatable bonds is 3. The SMILES string of the molecule is O=S(=O)(Cl)c1[nH]ccc1Cc1ccccc1. The molecule has 2 rings (SSSR count). The summed E-state index contributed by atoms with van der Waals surface area (Å²) >= 11 is 0. The summed E-state index contributed by atoms with van der Waals surface area (Å²) in [7, 11) is 1.62. The summed E-state index contributed by atoms with van der Waals surface area (Å²) in [6.45, 7) is 0. The van der Waals surface area contributed by atoms with Gasteiger partial charge < -0.3 is 4.98 Å². The number of H-pyrrole nitrogens is 1. The molecule has 84 valence electrons. The normalized spacial score (nSPS) is 11.6. The fraction of sp³-hybridized carbons (Fsp3) is 0.0909. The van der Waals surface area contributed by atoms with Crippen molar-refractivity contribution in [2.75, 3.05) is 0 Å². The van der Waals surface area contributed by atoms with Gasteiger partial charge in [0.25, 0.3) is 9.05 Å². The second kappa shape index (κ2) is 4.31. The largest absolute Gasteiger partial charge is 0.351 e. The molecule has 16 heavy (non-hydrogen) atoms. The van der Waals surface area contributed by atoms with Crippen molar-refractivity contribution in [3.05, 3.63) is 53.7 Å². The van der Waals surface area contributed by atoms with Crippen molar-refractivity contribution in [3.8, 4) is 0 Å². The molecule has 0 aliphatic rings. The molecule has 0 spiro atoms. The number of aromatic amines is 1. The minimum Gasteiger partial charge on any atom is -0.351 e. The van der Waals surface area contributed by atoms with Crippen molar-refractivity contribution in [1.29, 1.82) is 0 Å². The van der Waals surface area contributed by atoms with Gasteiger partial charge in [0.1, 0.15) is 0 Å². The average molecular weight is 256 g/mol. The molecule has 0 aliphatic heterocycles. The topological polar surface area (TPSA) is 49.9 Å². The first-order chi connectivity index (χ1) is 7.57. The first-order valence-corrected chi connectivity index (χ1v) is 7.03. The molecule has 0 unspecified atom stereocenters. The molecule has 0 aliphatic carbocycles. The number of halogens is 1. The standard InChI is InChI=1S/C11H10ClNO2S/c12-16(14,15)11-10(6-7-13-11)8-9-4-2-1-3-5-9/h1-7,13H,8H2. The molecule has 0 fully saturated rings. The molecular weight excluding hydrogens is 246 g/mol. The van der Waals surface area contributed by atoms with Gasteiger partial charge in [-0.15, -0.1) is 0 Å². The Kier molecular flexibility index (Phi) is 3.03. The van der Waals surface area contributed by atoms with Crippen LogP contribution in [0, 0.1) is 0 Å². The van der Waals surface area contributed by atoms with Crippen LogP contribution in [0.1, 0.15) is 11.1 Å². The van der Waals surface area contributed by atoms with Gasteiger partial charge >= 0.3 is 0 Å². The third kappa shape index (κ3) is 2.46. The van der Waals surface area contributed by atoms with Crippen LogP contribution in [0.2, 0.25) is 0 Å². The third-order valence-electron chi connectivity index (χ3n) is 2.27. The first-order valence-electron chi connectivity index (χ1n) is 4.72. The lowest BCUT2D eigenvalue weighted by Gasteiger charge is -2.01. The summed E-state index contributed by atoms with van der Waals surface area (Å²) in [5.74, 6) is 0. The lowest BCUT2D eigenvalue weighted by Crippen LogP contribution is -1.97. The smallest absolute Gasteiger partial charge is 0.276 e. The highest BCUT2D eigenvalue weighted by Gasteiger charge is 2.16. The summed E-state index contributed by atoms with van der Waals surface area (Å²) < 4.78 is 22.5. The van der Waals surface area contributed by atoms with Crippen molar-refractivity contribution in [2.45, 2.75) is 11.4 Å². The fourth-order valence-corrected chi connectivity index (χ4v) is 2.66. The van der Waals surface area contributed by atoms with Crippen LogP contribution in [-0.4, -0.2) is 13.4 Å². The molecule has 0 atom stereocenters. The first kappa shape index (κ1) is 11.2. The maximum Gasteiger partial charge on any atom is 0.276 e. The average Bonchev–Trinajstić information content (AvgIpc) is 2.67. The van der Waals surface area contributed by atoms with Gasteiger partial charge in [-0.05, 0) is 17.2 Å². The molecule has 3 nitrogen and oxygen atoms in total.